The maximum absolute atomic E-state index is 2.73. The van der Waals surface area contributed by atoms with Crippen LogP contribution in [-0.4, -0.2) is 25.5 Å². The summed E-state index contributed by atoms with van der Waals surface area (Å²) < 4.78 is 0. The maximum Gasteiger partial charge on any atom is 0.0568 e. The highest BCUT2D eigenvalue weighted by Crippen LogP contribution is 2.58. The van der Waals surface area contributed by atoms with Crippen LogP contribution in [0.5, 0.6) is 0 Å². The van der Waals surface area contributed by atoms with E-state index in [1.807, 2.05) is 0 Å². The first-order chi connectivity index (χ1) is 4.41. The average Bonchev–Trinajstić information content (AvgIpc) is 1.56. The molecule has 1 aliphatic rings. The van der Waals surface area contributed by atoms with Gasteiger partial charge in [-0.15, -0.1) is 0 Å². The van der Waals surface area contributed by atoms with Gasteiger partial charge in [0.15, 0.2) is 0 Å². The van der Waals surface area contributed by atoms with E-state index < -0.39 is 8.07 Å². The van der Waals surface area contributed by atoms with Crippen LogP contribution in [0.15, 0.2) is 0 Å². The van der Waals surface area contributed by atoms with E-state index in [0.29, 0.717) is 0 Å². The van der Waals surface area contributed by atoms with E-state index in [-0.39, 0.29) is 7.20 Å². The Morgan fingerprint density at radius 3 is 2.30 bits per heavy atom. The Labute approximate surface area is 79.1 Å². The van der Waals surface area contributed by atoms with Crippen LogP contribution in [0.25, 0.3) is 0 Å². The standard InChI is InChI=1S/C7H17ISSi/c1-9(8)5-4-6-10(2,3)7-9/h4-7H2,1-3H3. The van der Waals surface area contributed by atoms with Gasteiger partial charge in [0.05, 0.1) is 8.07 Å². The van der Waals surface area contributed by atoms with E-state index in [2.05, 4.69) is 40.6 Å². The summed E-state index contributed by atoms with van der Waals surface area (Å²) in [6, 6.07) is 1.58. The Balaban J connectivity index is 2.56. The molecule has 0 radical (unpaired) electrons. The van der Waals surface area contributed by atoms with E-state index in [1.54, 1.807) is 11.4 Å². The molecule has 0 N–H and O–H groups in total. The summed E-state index contributed by atoms with van der Waals surface area (Å²) in [5.74, 6) is 1.53. The molecular weight excluding hydrogens is 271 g/mol. The summed E-state index contributed by atoms with van der Waals surface area (Å²) >= 11 is 2.73. The normalized spacial score (nSPS) is 46.0. The molecule has 0 aromatic carbocycles. The minimum atomic E-state index is -0.696. The minimum Gasteiger partial charge on any atom is -0.193 e. The minimum absolute atomic E-state index is 0.159. The molecule has 1 fully saturated rings. The van der Waals surface area contributed by atoms with Gasteiger partial charge < -0.3 is 0 Å². The third-order valence-corrected chi connectivity index (χ3v) is 14.6. The van der Waals surface area contributed by atoms with E-state index in [4.69, 9.17) is 0 Å². The molecule has 1 aliphatic heterocycles. The first-order valence-corrected chi connectivity index (χ1v) is 12.2. The fraction of sp³-hybridized carbons (Fsp3) is 1.00. The zero-order valence-corrected chi connectivity index (χ0v) is 11.1. The molecule has 0 spiro atoms. The molecule has 1 atom stereocenters. The van der Waals surface area contributed by atoms with Crippen molar-refractivity contribution < 1.29 is 0 Å². The summed E-state index contributed by atoms with van der Waals surface area (Å²) in [5, 5.41) is 1.61. The quantitative estimate of drug-likeness (QED) is 0.473. The van der Waals surface area contributed by atoms with Crippen LogP contribution in [0.2, 0.25) is 19.1 Å². The smallest absolute Gasteiger partial charge is 0.0568 e. The van der Waals surface area contributed by atoms with Crippen molar-refractivity contribution in [3.05, 3.63) is 0 Å². The van der Waals surface area contributed by atoms with Crippen molar-refractivity contribution in [3.63, 3.8) is 0 Å². The molecule has 1 rings (SSSR count). The van der Waals surface area contributed by atoms with Gasteiger partial charge in [-0.3, -0.25) is 0 Å². The van der Waals surface area contributed by atoms with Crippen LogP contribution in [0.3, 0.4) is 0 Å². The average molecular weight is 288 g/mol. The first-order valence-electron chi connectivity index (χ1n) is 3.85. The second-order valence-corrected chi connectivity index (χ2v) is 19.3. The summed E-state index contributed by atoms with van der Waals surface area (Å²) in [7, 11) is -0.855. The molecule has 0 amide bonds. The van der Waals surface area contributed by atoms with Crippen molar-refractivity contribution in [3.8, 4) is 0 Å². The summed E-state index contributed by atoms with van der Waals surface area (Å²) in [6.45, 7) is 5.10. The van der Waals surface area contributed by atoms with Gasteiger partial charge in [-0.2, -0.15) is 7.20 Å². The maximum atomic E-state index is 2.73. The van der Waals surface area contributed by atoms with Crippen LogP contribution in [0.4, 0.5) is 0 Å². The second kappa shape index (κ2) is 2.97. The Kier molecular flexibility index (Phi) is 2.79. The van der Waals surface area contributed by atoms with E-state index in [0.717, 1.165) is 0 Å². The van der Waals surface area contributed by atoms with Crippen LogP contribution in [0, 0.1) is 0 Å². The second-order valence-electron chi connectivity index (χ2n) is 4.27. The number of hydrogen-bond donors (Lipinski definition) is 0. The highest BCUT2D eigenvalue weighted by molar-refractivity contribution is 14.2. The van der Waals surface area contributed by atoms with Gasteiger partial charge in [-0.1, -0.05) is 19.1 Å². The third kappa shape index (κ3) is 2.74. The lowest BCUT2D eigenvalue weighted by Gasteiger charge is -2.41. The molecule has 0 saturated carbocycles. The highest BCUT2D eigenvalue weighted by atomic mass is 127. The molecule has 1 saturated heterocycles. The molecule has 0 aromatic heterocycles. The van der Waals surface area contributed by atoms with Gasteiger partial charge in [-0.05, 0) is 45.0 Å². The highest BCUT2D eigenvalue weighted by Gasteiger charge is 2.32. The predicted octanol–water partition coefficient (Wildman–Crippen LogP) is 3.42. The largest absolute Gasteiger partial charge is 0.193 e. The Hall–Kier alpha value is 1.30. The molecule has 0 aliphatic carbocycles. The molecule has 0 nitrogen and oxygen atoms in total. The summed E-state index contributed by atoms with van der Waals surface area (Å²) in [5.41, 5.74) is 0. The van der Waals surface area contributed by atoms with Crippen molar-refractivity contribution in [1.82, 2.24) is 0 Å². The lowest BCUT2D eigenvalue weighted by atomic mass is 10.6. The Morgan fingerprint density at radius 1 is 1.40 bits per heavy atom. The van der Waals surface area contributed by atoms with Gasteiger partial charge in [0, 0.05) is 0 Å². The van der Waals surface area contributed by atoms with Gasteiger partial charge in [0.25, 0.3) is 0 Å². The fourth-order valence-corrected chi connectivity index (χ4v) is 20.1. The van der Waals surface area contributed by atoms with Gasteiger partial charge in [0.1, 0.15) is 0 Å². The van der Waals surface area contributed by atoms with Crippen LogP contribution in [0.1, 0.15) is 6.42 Å². The lowest BCUT2D eigenvalue weighted by Crippen LogP contribution is -2.37. The third-order valence-electron chi connectivity index (χ3n) is 2.12. The topological polar surface area (TPSA) is 0 Å². The van der Waals surface area contributed by atoms with Gasteiger partial charge in [0.2, 0.25) is 0 Å². The summed E-state index contributed by atoms with van der Waals surface area (Å²) in [6.07, 6.45) is 4.02. The first kappa shape index (κ1) is 9.39. The Morgan fingerprint density at radius 2 is 2.00 bits per heavy atom. The molecule has 0 bridgehead atoms. The molecule has 1 heterocycles. The predicted molar refractivity (Wildman–Crippen MR) is 64.2 cm³/mol. The van der Waals surface area contributed by atoms with E-state index in [1.165, 1.54) is 12.2 Å². The van der Waals surface area contributed by atoms with Crippen molar-refractivity contribution >= 4 is 36.5 Å². The molecular formula is C7H17ISSi. The monoisotopic (exact) mass is 288 g/mol. The SMILES string of the molecule is C[Si]1(C)CCCS(C)(I)C1. The van der Waals surface area contributed by atoms with Crippen molar-refractivity contribution in [2.24, 2.45) is 0 Å². The molecule has 1 unspecified atom stereocenters. The fourth-order valence-electron chi connectivity index (χ4n) is 1.81. The Bertz CT molecular complexity index is 120. The number of halogens is 1. The molecule has 0 aromatic rings. The van der Waals surface area contributed by atoms with E-state index >= 15 is 0 Å². The number of rotatable bonds is 0. The molecule has 62 valence electrons. The van der Waals surface area contributed by atoms with Crippen LogP contribution in [-0.2, 0) is 0 Å². The van der Waals surface area contributed by atoms with E-state index in [9.17, 15) is 0 Å². The number of hydrogen-bond acceptors (Lipinski definition) is 0. The van der Waals surface area contributed by atoms with Crippen molar-refractivity contribution in [1.29, 1.82) is 0 Å². The summed E-state index contributed by atoms with van der Waals surface area (Å²) in [4.78, 5) is 0. The van der Waals surface area contributed by atoms with Gasteiger partial charge in [-0.25, -0.2) is 0 Å². The van der Waals surface area contributed by atoms with Crippen molar-refractivity contribution in [2.75, 3.05) is 17.4 Å². The zero-order chi connectivity index (χ0) is 7.83. The van der Waals surface area contributed by atoms with Crippen LogP contribution < -0.4 is 0 Å². The molecule has 10 heavy (non-hydrogen) atoms. The van der Waals surface area contributed by atoms with Crippen molar-refractivity contribution in [2.45, 2.75) is 25.6 Å². The van der Waals surface area contributed by atoms with Crippen LogP contribution >= 0.6 is 28.4 Å². The zero-order valence-electron chi connectivity index (χ0n) is 7.11. The lowest BCUT2D eigenvalue weighted by molar-refractivity contribution is 1.04. The van der Waals surface area contributed by atoms with Gasteiger partial charge >= 0.3 is 0 Å². The molecule has 3 heteroatoms.